The molecule has 3 N–H and O–H groups in total. The van der Waals surface area contributed by atoms with Crippen molar-refractivity contribution in [2.75, 3.05) is 13.1 Å². The molecule has 0 spiro atoms. The first-order valence-electron chi connectivity index (χ1n) is 4.73. The first-order valence-corrected chi connectivity index (χ1v) is 5.11. The van der Waals surface area contributed by atoms with Gasteiger partial charge in [-0.15, -0.1) is 0 Å². The van der Waals surface area contributed by atoms with Crippen molar-refractivity contribution in [1.82, 2.24) is 20.6 Å². The Balaban J connectivity index is 2.39. The van der Waals surface area contributed by atoms with Crippen LogP contribution in [0.25, 0.3) is 0 Å². The molecule has 0 aliphatic heterocycles. The number of carboxylic acids is 1. The Morgan fingerprint density at radius 1 is 1.17 bits per heavy atom. The van der Waals surface area contributed by atoms with Gasteiger partial charge in [-0.05, 0) is 0 Å². The molecule has 0 aliphatic rings. The lowest BCUT2D eigenvalue weighted by atomic mass is 10.4. The van der Waals surface area contributed by atoms with E-state index in [9.17, 15) is 14.4 Å². The van der Waals surface area contributed by atoms with Gasteiger partial charge in [-0.2, -0.15) is 0 Å². The third-order valence-corrected chi connectivity index (χ3v) is 1.89. The summed E-state index contributed by atoms with van der Waals surface area (Å²) in [5, 5.41) is 12.8. The summed E-state index contributed by atoms with van der Waals surface area (Å²) in [5.74, 6) is -2.39. The molecule has 0 radical (unpaired) electrons. The van der Waals surface area contributed by atoms with E-state index in [1.165, 1.54) is 6.20 Å². The Hall–Kier alpha value is -2.22. The number of hydrogen-bond donors (Lipinski definition) is 3. The van der Waals surface area contributed by atoms with Crippen molar-refractivity contribution in [3.05, 3.63) is 23.2 Å². The second-order valence-corrected chi connectivity index (χ2v) is 3.46. The molecule has 1 heterocycles. The number of aromatic nitrogens is 2. The number of amides is 2. The smallest absolute Gasteiger partial charge is 0.322 e. The third kappa shape index (κ3) is 4.74. The van der Waals surface area contributed by atoms with Crippen LogP contribution in [-0.4, -0.2) is 45.9 Å². The molecule has 0 unspecified atom stereocenters. The first-order chi connectivity index (χ1) is 8.49. The van der Waals surface area contributed by atoms with Crippen molar-refractivity contribution in [2.45, 2.75) is 0 Å². The molecule has 96 valence electrons. The summed E-state index contributed by atoms with van der Waals surface area (Å²) in [7, 11) is 0. The van der Waals surface area contributed by atoms with Gasteiger partial charge in [0.05, 0.1) is 18.9 Å². The molecule has 0 aliphatic carbocycles. The summed E-state index contributed by atoms with van der Waals surface area (Å²) < 4.78 is 0. The fourth-order valence-corrected chi connectivity index (χ4v) is 1.01. The summed E-state index contributed by atoms with van der Waals surface area (Å²) in [6.45, 7) is -0.855. The van der Waals surface area contributed by atoms with E-state index in [2.05, 4.69) is 20.6 Å². The minimum absolute atomic E-state index is 0.00503. The van der Waals surface area contributed by atoms with Crippen molar-refractivity contribution in [1.29, 1.82) is 0 Å². The lowest BCUT2D eigenvalue weighted by molar-refractivity contribution is -0.137. The first kappa shape index (κ1) is 13.8. The predicted molar refractivity (Wildman–Crippen MR) is 60.0 cm³/mol. The van der Waals surface area contributed by atoms with Crippen LogP contribution in [-0.2, 0) is 9.59 Å². The van der Waals surface area contributed by atoms with Gasteiger partial charge in [0.1, 0.15) is 17.4 Å². The highest BCUT2D eigenvalue weighted by molar-refractivity contribution is 6.29. The van der Waals surface area contributed by atoms with E-state index in [4.69, 9.17) is 16.7 Å². The Bertz CT molecular complexity index is 462. The van der Waals surface area contributed by atoms with Gasteiger partial charge < -0.3 is 15.7 Å². The van der Waals surface area contributed by atoms with Crippen LogP contribution in [0, 0.1) is 0 Å². The van der Waals surface area contributed by atoms with Gasteiger partial charge in [0.25, 0.3) is 5.91 Å². The minimum atomic E-state index is -1.17. The van der Waals surface area contributed by atoms with Crippen LogP contribution >= 0.6 is 11.6 Å². The molecular weight excluding hydrogens is 264 g/mol. The van der Waals surface area contributed by atoms with E-state index >= 15 is 0 Å². The minimum Gasteiger partial charge on any atom is -0.480 e. The highest BCUT2D eigenvalue weighted by Crippen LogP contribution is 2.00. The summed E-state index contributed by atoms with van der Waals surface area (Å²) in [5.41, 5.74) is 0.00503. The maximum absolute atomic E-state index is 11.4. The molecule has 2 amide bonds. The molecule has 8 nitrogen and oxygen atoms in total. The zero-order valence-electron chi connectivity index (χ0n) is 9.01. The molecule has 0 aromatic carbocycles. The van der Waals surface area contributed by atoms with Crippen molar-refractivity contribution in [3.8, 4) is 0 Å². The van der Waals surface area contributed by atoms with Crippen LogP contribution in [0.2, 0.25) is 5.15 Å². The van der Waals surface area contributed by atoms with Crippen LogP contribution in [0.5, 0.6) is 0 Å². The Morgan fingerprint density at radius 3 is 2.44 bits per heavy atom. The predicted octanol–water partition coefficient (Wildman–Crippen LogP) is -0.939. The Labute approximate surface area is 106 Å². The average Bonchev–Trinajstić information content (AvgIpc) is 2.34. The summed E-state index contributed by atoms with van der Waals surface area (Å²) >= 11 is 5.49. The number of aliphatic carboxylic acids is 1. The standard InChI is InChI=1S/C9H9ClN4O4/c10-6-2-11-5(1-12-6)9(18)14-3-7(15)13-4-8(16)17/h1-2H,3-4H2,(H,13,15)(H,14,18)(H,16,17). The lowest BCUT2D eigenvalue weighted by Gasteiger charge is -2.04. The van der Waals surface area contributed by atoms with Crippen LogP contribution in [0.15, 0.2) is 12.4 Å². The number of carbonyl (C=O) groups is 3. The second kappa shape index (κ2) is 6.50. The number of hydrogen-bond acceptors (Lipinski definition) is 5. The van der Waals surface area contributed by atoms with Gasteiger partial charge in [-0.25, -0.2) is 9.97 Å². The molecule has 0 bridgehead atoms. The van der Waals surface area contributed by atoms with E-state index in [0.29, 0.717) is 0 Å². The molecular formula is C9H9ClN4O4. The van der Waals surface area contributed by atoms with Gasteiger partial charge in [0.15, 0.2) is 0 Å². The number of rotatable bonds is 5. The summed E-state index contributed by atoms with van der Waals surface area (Å²) in [6, 6.07) is 0. The number of halogens is 1. The van der Waals surface area contributed by atoms with Gasteiger partial charge >= 0.3 is 5.97 Å². The fraction of sp³-hybridized carbons (Fsp3) is 0.222. The second-order valence-electron chi connectivity index (χ2n) is 3.08. The molecule has 1 aromatic heterocycles. The van der Waals surface area contributed by atoms with Crippen molar-refractivity contribution < 1.29 is 19.5 Å². The van der Waals surface area contributed by atoms with E-state index in [-0.39, 0.29) is 17.4 Å². The van der Waals surface area contributed by atoms with E-state index < -0.39 is 24.3 Å². The molecule has 0 fully saturated rings. The van der Waals surface area contributed by atoms with Gasteiger partial charge in [0, 0.05) is 0 Å². The van der Waals surface area contributed by atoms with E-state index in [1.54, 1.807) is 0 Å². The van der Waals surface area contributed by atoms with Crippen LogP contribution in [0.1, 0.15) is 10.5 Å². The molecule has 0 saturated heterocycles. The summed E-state index contributed by atoms with van der Waals surface area (Å²) in [6.07, 6.45) is 2.35. The third-order valence-electron chi connectivity index (χ3n) is 1.70. The van der Waals surface area contributed by atoms with Crippen molar-refractivity contribution in [2.24, 2.45) is 0 Å². The zero-order chi connectivity index (χ0) is 13.5. The quantitative estimate of drug-likeness (QED) is 0.636. The van der Waals surface area contributed by atoms with Crippen molar-refractivity contribution >= 4 is 29.4 Å². The van der Waals surface area contributed by atoms with Gasteiger partial charge in [-0.1, -0.05) is 11.6 Å². The topological polar surface area (TPSA) is 121 Å². The maximum atomic E-state index is 11.4. The van der Waals surface area contributed by atoms with Crippen molar-refractivity contribution in [3.63, 3.8) is 0 Å². The molecule has 0 atom stereocenters. The van der Waals surface area contributed by atoms with Gasteiger partial charge in [0.2, 0.25) is 5.91 Å². The molecule has 0 saturated carbocycles. The van der Waals surface area contributed by atoms with Crippen LogP contribution < -0.4 is 10.6 Å². The Morgan fingerprint density at radius 2 is 1.89 bits per heavy atom. The monoisotopic (exact) mass is 272 g/mol. The number of nitrogens with zero attached hydrogens (tertiary/aromatic N) is 2. The molecule has 9 heteroatoms. The van der Waals surface area contributed by atoms with E-state index in [0.717, 1.165) is 6.20 Å². The normalized spacial score (nSPS) is 9.61. The van der Waals surface area contributed by atoms with E-state index in [1.807, 2.05) is 0 Å². The highest BCUT2D eigenvalue weighted by atomic mass is 35.5. The fourth-order valence-electron chi connectivity index (χ4n) is 0.917. The highest BCUT2D eigenvalue weighted by Gasteiger charge is 2.10. The molecule has 18 heavy (non-hydrogen) atoms. The zero-order valence-corrected chi connectivity index (χ0v) is 9.77. The Kier molecular flexibility index (Phi) is 5.00. The number of carboxylic acid groups (broad SMARTS) is 1. The average molecular weight is 273 g/mol. The van der Waals surface area contributed by atoms with Gasteiger partial charge in [-0.3, -0.25) is 14.4 Å². The number of nitrogens with one attached hydrogen (secondary N) is 2. The maximum Gasteiger partial charge on any atom is 0.322 e. The van der Waals surface area contributed by atoms with Crippen LogP contribution in [0.3, 0.4) is 0 Å². The molecule has 1 aromatic rings. The molecule has 1 rings (SSSR count). The summed E-state index contributed by atoms with van der Waals surface area (Å²) in [4.78, 5) is 40.0. The number of carbonyl (C=O) groups excluding carboxylic acids is 2. The SMILES string of the molecule is O=C(O)CNC(=O)CNC(=O)c1cnc(Cl)cn1. The largest absolute Gasteiger partial charge is 0.480 e. The van der Waals surface area contributed by atoms with Crippen LogP contribution in [0.4, 0.5) is 0 Å². The lowest BCUT2D eigenvalue weighted by Crippen LogP contribution is -2.39.